The van der Waals surface area contributed by atoms with Crippen LogP contribution in [0.25, 0.3) is 5.65 Å². The van der Waals surface area contributed by atoms with E-state index in [0.717, 1.165) is 38.1 Å². The molecule has 0 spiro atoms. The molecule has 134 valence electrons. The third-order valence-electron chi connectivity index (χ3n) is 4.82. The maximum Gasteiger partial charge on any atom is 0.271 e. The molecule has 4 rings (SSSR count). The Bertz CT molecular complexity index is 901. The minimum absolute atomic E-state index is 0.119. The van der Waals surface area contributed by atoms with Gasteiger partial charge in [-0.15, -0.1) is 0 Å². The van der Waals surface area contributed by atoms with E-state index < -0.39 is 0 Å². The van der Waals surface area contributed by atoms with Gasteiger partial charge in [0.25, 0.3) is 5.91 Å². The van der Waals surface area contributed by atoms with Crippen LogP contribution in [0.15, 0.2) is 54.9 Å². The summed E-state index contributed by atoms with van der Waals surface area (Å²) in [6.45, 7) is 2.94. The first-order valence-electron chi connectivity index (χ1n) is 8.89. The minimum Gasteiger partial charge on any atom is -0.348 e. The summed E-state index contributed by atoms with van der Waals surface area (Å²) in [6, 6.07) is 14.3. The maximum atomic E-state index is 12.5. The van der Waals surface area contributed by atoms with Crippen molar-refractivity contribution in [1.82, 2.24) is 19.6 Å². The molecular formula is C20H21ClN4O. The number of carbonyl (C=O) groups excluding carboxylic acids is 1. The normalized spacial score (nSPS) is 16.0. The topological polar surface area (TPSA) is 49.6 Å². The summed E-state index contributed by atoms with van der Waals surface area (Å²) < 4.78 is 1.78. The molecule has 0 bridgehead atoms. The minimum atomic E-state index is -0.119. The molecule has 1 N–H and O–H groups in total. The molecule has 26 heavy (non-hydrogen) atoms. The van der Waals surface area contributed by atoms with Crippen molar-refractivity contribution < 1.29 is 4.79 Å². The van der Waals surface area contributed by atoms with Crippen LogP contribution < -0.4 is 5.32 Å². The van der Waals surface area contributed by atoms with E-state index in [4.69, 9.17) is 11.6 Å². The number of rotatable bonds is 4. The molecule has 0 radical (unpaired) electrons. The molecule has 2 aromatic heterocycles. The van der Waals surface area contributed by atoms with E-state index in [0.29, 0.717) is 10.7 Å². The molecule has 0 unspecified atom stereocenters. The lowest BCUT2D eigenvalue weighted by Gasteiger charge is -2.32. The number of aromatic nitrogens is 2. The van der Waals surface area contributed by atoms with E-state index in [2.05, 4.69) is 39.5 Å². The molecular weight excluding hydrogens is 348 g/mol. The lowest BCUT2D eigenvalue weighted by molar-refractivity contribution is 0.0904. The number of carbonyl (C=O) groups is 1. The summed E-state index contributed by atoms with van der Waals surface area (Å²) in [7, 11) is 0. The number of likely N-dealkylation sites (tertiary alicyclic amines) is 1. The van der Waals surface area contributed by atoms with E-state index in [1.54, 1.807) is 28.9 Å². The van der Waals surface area contributed by atoms with Crippen molar-refractivity contribution >= 4 is 23.2 Å². The summed E-state index contributed by atoms with van der Waals surface area (Å²) in [6.07, 6.45) is 5.39. The van der Waals surface area contributed by atoms with Gasteiger partial charge in [-0.25, -0.2) is 4.98 Å². The quantitative estimate of drug-likeness (QED) is 0.768. The monoisotopic (exact) mass is 368 g/mol. The highest BCUT2D eigenvalue weighted by molar-refractivity contribution is 6.30. The second-order valence-corrected chi connectivity index (χ2v) is 7.18. The van der Waals surface area contributed by atoms with Crippen molar-refractivity contribution in [2.75, 3.05) is 13.1 Å². The lowest BCUT2D eigenvalue weighted by Crippen LogP contribution is -2.44. The molecule has 1 fully saturated rings. The van der Waals surface area contributed by atoms with Crippen LogP contribution in [-0.4, -0.2) is 39.3 Å². The fourth-order valence-corrected chi connectivity index (χ4v) is 3.58. The van der Waals surface area contributed by atoms with Crippen LogP contribution >= 0.6 is 11.6 Å². The highest BCUT2D eigenvalue weighted by Gasteiger charge is 2.22. The van der Waals surface area contributed by atoms with Crippen LogP contribution in [0.2, 0.25) is 5.02 Å². The number of piperidine rings is 1. The molecule has 3 heterocycles. The second-order valence-electron chi connectivity index (χ2n) is 6.75. The number of nitrogens with one attached hydrogen (secondary N) is 1. The van der Waals surface area contributed by atoms with E-state index in [-0.39, 0.29) is 11.9 Å². The van der Waals surface area contributed by atoms with Gasteiger partial charge >= 0.3 is 0 Å². The Hall–Kier alpha value is -2.37. The second kappa shape index (κ2) is 7.48. The van der Waals surface area contributed by atoms with Gasteiger partial charge in [0, 0.05) is 38.1 Å². The first kappa shape index (κ1) is 17.1. The van der Waals surface area contributed by atoms with Gasteiger partial charge in [-0.3, -0.25) is 9.69 Å². The number of hydrogen-bond acceptors (Lipinski definition) is 3. The molecule has 1 aliphatic heterocycles. The van der Waals surface area contributed by atoms with Crippen LogP contribution in [0.1, 0.15) is 28.9 Å². The zero-order valence-electron chi connectivity index (χ0n) is 14.4. The van der Waals surface area contributed by atoms with Gasteiger partial charge in [-0.1, -0.05) is 41.9 Å². The summed E-state index contributed by atoms with van der Waals surface area (Å²) in [5.41, 5.74) is 2.48. The van der Waals surface area contributed by atoms with Gasteiger partial charge in [0.05, 0.1) is 5.02 Å². The molecule has 0 aliphatic carbocycles. The van der Waals surface area contributed by atoms with Crippen LogP contribution in [-0.2, 0) is 6.54 Å². The number of halogens is 1. The smallest absolute Gasteiger partial charge is 0.271 e. The fourth-order valence-electron chi connectivity index (χ4n) is 3.41. The Balaban J connectivity index is 1.32. The highest BCUT2D eigenvalue weighted by Crippen LogP contribution is 2.15. The first-order chi connectivity index (χ1) is 12.7. The Morgan fingerprint density at radius 1 is 1.12 bits per heavy atom. The van der Waals surface area contributed by atoms with Crippen molar-refractivity contribution in [2.45, 2.75) is 25.4 Å². The van der Waals surface area contributed by atoms with Gasteiger partial charge < -0.3 is 9.72 Å². The Labute approximate surface area is 157 Å². The number of benzene rings is 1. The lowest BCUT2D eigenvalue weighted by atomic mass is 10.0. The predicted octanol–water partition coefficient (Wildman–Crippen LogP) is 3.38. The fraction of sp³-hybridized carbons (Fsp3) is 0.300. The average Bonchev–Trinajstić information content (AvgIpc) is 3.07. The third-order valence-corrected chi connectivity index (χ3v) is 5.04. The Kier molecular flexibility index (Phi) is 4.91. The maximum absolute atomic E-state index is 12.5. The van der Waals surface area contributed by atoms with Gasteiger partial charge in [-0.2, -0.15) is 0 Å². The van der Waals surface area contributed by atoms with Crippen molar-refractivity contribution in [3.63, 3.8) is 0 Å². The number of hydrogen-bond donors (Lipinski definition) is 1. The van der Waals surface area contributed by atoms with Gasteiger partial charge in [0.15, 0.2) is 0 Å². The summed E-state index contributed by atoms with van der Waals surface area (Å²) in [4.78, 5) is 19.3. The zero-order chi connectivity index (χ0) is 17.9. The zero-order valence-corrected chi connectivity index (χ0v) is 15.2. The largest absolute Gasteiger partial charge is 0.348 e. The number of nitrogens with zero attached hydrogens (tertiary/aromatic N) is 3. The third kappa shape index (κ3) is 3.89. The first-order valence-corrected chi connectivity index (χ1v) is 9.26. The van der Waals surface area contributed by atoms with Gasteiger partial charge in [0.2, 0.25) is 0 Å². The van der Waals surface area contributed by atoms with Crippen molar-refractivity contribution in [3.8, 4) is 0 Å². The molecule has 0 saturated carbocycles. The predicted molar refractivity (Wildman–Crippen MR) is 102 cm³/mol. The molecule has 1 saturated heterocycles. The average molecular weight is 369 g/mol. The molecule has 0 atom stereocenters. The standard InChI is InChI=1S/C20H21ClN4O/c21-16-6-7-19-23-18(14-25(19)13-16)20(26)22-17-8-10-24(11-9-17)12-15-4-2-1-3-5-15/h1-7,13-14,17H,8-12H2,(H,22,26). The Morgan fingerprint density at radius 3 is 2.65 bits per heavy atom. The number of pyridine rings is 1. The molecule has 1 aromatic carbocycles. The molecule has 5 nitrogen and oxygen atoms in total. The van der Waals surface area contributed by atoms with Gasteiger partial charge in [0.1, 0.15) is 11.3 Å². The number of imidazole rings is 1. The van der Waals surface area contributed by atoms with Gasteiger partial charge in [-0.05, 0) is 30.5 Å². The molecule has 1 aliphatic rings. The SMILES string of the molecule is O=C(NC1CCN(Cc2ccccc2)CC1)c1cn2cc(Cl)ccc2n1. The van der Waals surface area contributed by atoms with Crippen LogP contribution in [0, 0.1) is 0 Å². The van der Waals surface area contributed by atoms with Crippen LogP contribution in [0.3, 0.4) is 0 Å². The van der Waals surface area contributed by atoms with E-state index in [9.17, 15) is 4.79 Å². The van der Waals surface area contributed by atoms with Crippen molar-refractivity contribution in [2.24, 2.45) is 0 Å². The van der Waals surface area contributed by atoms with Crippen molar-refractivity contribution in [1.29, 1.82) is 0 Å². The highest BCUT2D eigenvalue weighted by atomic mass is 35.5. The van der Waals surface area contributed by atoms with Crippen LogP contribution in [0.5, 0.6) is 0 Å². The number of amides is 1. The molecule has 3 aromatic rings. The molecule has 1 amide bonds. The van der Waals surface area contributed by atoms with E-state index in [1.165, 1.54) is 5.56 Å². The van der Waals surface area contributed by atoms with E-state index in [1.807, 2.05) is 6.07 Å². The van der Waals surface area contributed by atoms with Crippen LogP contribution in [0.4, 0.5) is 0 Å². The molecule has 6 heteroatoms. The Morgan fingerprint density at radius 2 is 1.88 bits per heavy atom. The summed E-state index contributed by atoms with van der Waals surface area (Å²) in [5.74, 6) is -0.119. The number of fused-ring (bicyclic) bond motifs is 1. The van der Waals surface area contributed by atoms with E-state index >= 15 is 0 Å². The van der Waals surface area contributed by atoms with Crippen molar-refractivity contribution in [3.05, 3.63) is 71.1 Å². The summed E-state index contributed by atoms with van der Waals surface area (Å²) >= 11 is 5.98. The summed E-state index contributed by atoms with van der Waals surface area (Å²) in [5, 5.41) is 3.74.